The zero-order chi connectivity index (χ0) is 42.3. The van der Waals surface area contributed by atoms with Crippen molar-refractivity contribution in [3.8, 4) is 0 Å². The van der Waals surface area contributed by atoms with Crippen molar-refractivity contribution in [2.24, 2.45) is 0 Å². The van der Waals surface area contributed by atoms with E-state index in [9.17, 15) is 30.0 Å². The number of hydrogen-bond acceptors (Lipinski definition) is 8. The van der Waals surface area contributed by atoms with Crippen molar-refractivity contribution in [3.05, 3.63) is 71.8 Å². The van der Waals surface area contributed by atoms with Gasteiger partial charge in [0.1, 0.15) is 0 Å². The van der Waals surface area contributed by atoms with Crippen LogP contribution in [-0.4, -0.2) is 95.4 Å². The fourth-order valence-electron chi connectivity index (χ4n) is 7.26. The molecule has 0 aromatic heterocycles. The molecule has 0 bridgehead atoms. The monoisotopic (exact) mass is 949 g/mol. The summed E-state index contributed by atoms with van der Waals surface area (Å²) >= 11 is 0. The quantitative estimate of drug-likeness (QED) is 0.0501. The Kier molecular flexibility index (Phi) is 41.2. The first-order chi connectivity index (χ1) is 28.2. The van der Waals surface area contributed by atoms with Crippen LogP contribution in [0.1, 0.15) is 205 Å². The molecule has 59 heavy (non-hydrogen) atoms. The predicted molar refractivity (Wildman–Crippen MR) is 238 cm³/mol. The number of carbonyl (C=O) groups excluding carboxylic acids is 2. The number of carboxylic acids is 2. The fraction of sp³-hybridized carbons (Fsp3) is 0.720. The van der Waals surface area contributed by atoms with Crippen molar-refractivity contribution in [3.63, 3.8) is 0 Å². The third-order valence-corrected chi connectivity index (χ3v) is 10.9. The molecule has 0 aliphatic heterocycles. The first-order valence-electron chi connectivity index (χ1n) is 23.3. The van der Waals surface area contributed by atoms with Crippen molar-refractivity contribution < 1.29 is 39.5 Å². The third kappa shape index (κ3) is 38.2. The van der Waals surface area contributed by atoms with E-state index >= 15 is 0 Å². The van der Waals surface area contributed by atoms with E-state index in [0.717, 1.165) is 114 Å². The van der Waals surface area contributed by atoms with Crippen LogP contribution >= 0.6 is 0 Å². The molecule has 0 aliphatic carbocycles. The average molecular weight is 949 g/mol. The summed E-state index contributed by atoms with van der Waals surface area (Å²) in [5, 5.41) is 41.9. The Morgan fingerprint density at radius 2 is 0.729 bits per heavy atom. The van der Waals surface area contributed by atoms with Gasteiger partial charge in [0.2, 0.25) is 0 Å². The maximum atomic E-state index is 11.0. The van der Waals surface area contributed by atoms with Gasteiger partial charge in [0.15, 0.2) is 0 Å². The summed E-state index contributed by atoms with van der Waals surface area (Å²) in [5.74, 6) is -2.09. The van der Waals surface area contributed by atoms with Crippen molar-refractivity contribution in [2.45, 2.75) is 231 Å². The topological polar surface area (TPSA) is 139 Å². The van der Waals surface area contributed by atoms with Gasteiger partial charge >= 0.3 is 48.9 Å². The van der Waals surface area contributed by atoms with Crippen LogP contribution in [-0.2, 0) is 32.3 Å². The van der Waals surface area contributed by atoms with E-state index in [1.807, 2.05) is 60.7 Å². The molecule has 0 saturated heterocycles. The molecule has 4 atom stereocenters. The van der Waals surface area contributed by atoms with Crippen LogP contribution in [0.25, 0.3) is 0 Å². The molecule has 0 aliphatic rings. The molecule has 0 heterocycles. The van der Waals surface area contributed by atoms with Crippen molar-refractivity contribution >= 4 is 60.8 Å². The summed E-state index contributed by atoms with van der Waals surface area (Å²) in [4.78, 5) is 21.9. The van der Waals surface area contributed by atoms with Crippen LogP contribution in [0.2, 0.25) is 0 Å². The number of aliphatic hydroxyl groups excluding tert-OH is 2. The van der Waals surface area contributed by atoms with E-state index < -0.39 is 11.9 Å². The Labute approximate surface area is 400 Å². The molecule has 8 nitrogen and oxygen atoms in total. The van der Waals surface area contributed by atoms with Gasteiger partial charge in [-0.25, -0.2) is 0 Å². The summed E-state index contributed by atoms with van der Waals surface area (Å²) < 4.78 is 11.6. The van der Waals surface area contributed by atoms with Crippen LogP contribution in [0.15, 0.2) is 60.7 Å². The zero-order valence-electron chi connectivity index (χ0n) is 37.3. The molecule has 0 saturated carbocycles. The number of aliphatic hydroxyl groups is 2. The maximum Gasteiger partial charge on any atom is 2.00 e. The van der Waals surface area contributed by atoms with Crippen molar-refractivity contribution in [1.82, 2.24) is 0 Å². The number of benzene rings is 2. The van der Waals surface area contributed by atoms with E-state index in [2.05, 4.69) is 13.8 Å². The second kappa shape index (κ2) is 42.1. The van der Waals surface area contributed by atoms with Gasteiger partial charge in [0.25, 0.3) is 0 Å². The number of unbranched alkanes of at least 4 members (excludes halogenated alkanes) is 16. The Morgan fingerprint density at radius 1 is 0.458 bits per heavy atom. The molecule has 0 radical (unpaired) electrons. The zero-order valence-corrected chi connectivity index (χ0v) is 41.8. The van der Waals surface area contributed by atoms with Gasteiger partial charge < -0.3 is 39.5 Å². The fourth-order valence-corrected chi connectivity index (χ4v) is 7.26. The van der Waals surface area contributed by atoms with E-state index in [1.54, 1.807) is 0 Å². The van der Waals surface area contributed by atoms with Crippen LogP contribution in [0.3, 0.4) is 0 Å². The second-order valence-electron chi connectivity index (χ2n) is 16.4. The van der Waals surface area contributed by atoms with E-state index in [4.69, 9.17) is 9.47 Å². The minimum absolute atomic E-state index is 0. The Bertz CT molecular complexity index is 1110. The van der Waals surface area contributed by atoms with Gasteiger partial charge in [-0.2, -0.15) is 0 Å². The average Bonchev–Trinajstić information content (AvgIpc) is 3.21. The normalized spacial score (nSPS) is 13.1. The number of ether oxygens (including phenoxy) is 2. The number of carboxylic acid groups (broad SMARTS) is 2. The largest absolute Gasteiger partial charge is 2.00 e. The first-order valence-corrected chi connectivity index (χ1v) is 23.3. The molecule has 332 valence electrons. The predicted octanol–water partition coefficient (Wildman–Crippen LogP) is 9.95. The molecule has 0 amide bonds. The van der Waals surface area contributed by atoms with E-state index in [-0.39, 0.29) is 86.1 Å². The molecule has 2 rings (SSSR count). The Morgan fingerprint density at radius 3 is 1.02 bits per heavy atom. The summed E-state index contributed by atoms with van der Waals surface area (Å²) in [5.41, 5.74) is 2.12. The van der Waals surface area contributed by atoms with Crippen LogP contribution in [0, 0.1) is 0 Å². The number of aliphatic carboxylic acids is 2. The van der Waals surface area contributed by atoms with Crippen molar-refractivity contribution in [2.75, 3.05) is 0 Å². The maximum absolute atomic E-state index is 11.0. The van der Waals surface area contributed by atoms with E-state index in [0.29, 0.717) is 13.2 Å². The van der Waals surface area contributed by atoms with Gasteiger partial charge in [-0.05, 0) is 49.7 Å². The first kappa shape index (κ1) is 57.8. The van der Waals surface area contributed by atoms with Crippen LogP contribution in [0.5, 0.6) is 0 Å². The van der Waals surface area contributed by atoms with Gasteiger partial charge in [-0.1, -0.05) is 203 Å². The molecule has 2 aromatic carbocycles. The van der Waals surface area contributed by atoms with Gasteiger partial charge in [-0.15, -0.1) is 0 Å². The number of rotatable bonds is 38. The van der Waals surface area contributed by atoms with Crippen molar-refractivity contribution in [1.29, 1.82) is 0 Å². The summed E-state index contributed by atoms with van der Waals surface area (Å²) in [7, 11) is 0. The second-order valence-corrected chi connectivity index (χ2v) is 16.4. The van der Waals surface area contributed by atoms with Crippen LogP contribution < -0.4 is 10.2 Å². The Balaban J connectivity index is 0.00000112. The third-order valence-electron chi connectivity index (χ3n) is 10.9. The van der Waals surface area contributed by atoms with Gasteiger partial charge in [-0.3, -0.25) is 0 Å². The van der Waals surface area contributed by atoms with Crippen LogP contribution in [0.4, 0.5) is 0 Å². The van der Waals surface area contributed by atoms with Gasteiger partial charge in [0.05, 0.1) is 37.6 Å². The smallest absolute Gasteiger partial charge is 0.550 e. The molecule has 4 unspecified atom stereocenters. The number of hydrogen-bond donors (Lipinski definition) is 2. The molecule has 2 N–H and O–H groups in total. The molecular weight excluding hydrogens is 866 g/mol. The summed E-state index contributed by atoms with van der Waals surface area (Å²) in [6.07, 6.45) is 27.5. The summed E-state index contributed by atoms with van der Waals surface area (Å²) in [6.45, 7) is 5.30. The number of carbonyl (C=O) groups is 2. The molecule has 0 fully saturated rings. The molecule has 2 aromatic rings. The summed E-state index contributed by atoms with van der Waals surface area (Å²) in [6, 6.07) is 19.7. The van der Waals surface area contributed by atoms with E-state index in [1.165, 1.54) is 64.2 Å². The minimum Gasteiger partial charge on any atom is -0.550 e. The molecular formula is C50H82BaO8. The molecule has 9 heteroatoms. The molecule has 0 spiro atoms. The minimum atomic E-state index is -1.05. The SMILES string of the molecule is CCCCCCC(O)CCCCCCCCC(CC(=O)[O-])OCc1ccccc1.CCCCCCC(O)CCCCCCCCC(CC(=O)[O-])OCc1ccccc1.[Ba+2]. The van der Waals surface area contributed by atoms with Gasteiger partial charge in [0, 0.05) is 24.8 Å². The Hall–Kier alpha value is -1.21. The standard InChI is InChI=1S/2C25H42O4.Ba/c2*1-2-3-4-12-17-23(26)18-13-7-5-6-8-14-19-24(20-25(27)28)29-21-22-15-10-9-11-16-22;/h2*9-11,15-16,23-24,26H,2-8,12-14,17-21H2,1H3,(H,27,28);/q;;+2/p-2.